The quantitative estimate of drug-likeness (QED) is 0.683. The number of ether oxygens (including phenoxy) is 2. The van der Waals surface area contributed by atoms with Crippen molar-refractivity contribution in [3.05, 3.63) is 33.8 Å². The van der Waals surface area contributed by atoms with Gasteiger partial charge in [0, 0.05) is 5.56 Å². The maximum atomic E-state index is 12.0. The Bertz CT molecular complexity index is 842. The number of hydrogen-bond donors (Lipinski definition) is 0. The number of rotatable bonds is 2. The summed E-state index contributed by atoms with van der Waals surface area (Å²) in [7, 11) is -2.44. The molecule has 8 nitrogen and oxygen atoms in total. The highest BCUT2D eigenvalue weighted by Gasteiger charge is 2.31. The molecule has 1 aliphatic rings. The molecule has 0 unspecified atom stereocenters. The van der Waals surface area contributed by atoms with Crippen LogP contribution in [0, 0.1) is 0 Å². The number of fused-ring (bicyclic) bond motifs is 1. The van der Waals surface area contributed by atoms with E-state index in [4.69, 9.17) is 4.18 Å². The van der Waals surface area contributed by atoms with E-state index < -0.39 is 28.0 Å². The van der Waals surface area contributed by atoms with E-state index >= 15 is 0 Å². The Hall–Kier alpha value is -2.20. The molecule has 0 radical (unpaired) electrons. The van der Waals surface area contributed by atoms with E-state index in [-0.39, 0.29) is 16.9 Å². The van der Waals surface area contributed by atoms with Gasteiger partial charge in [-0.2, -0.15) is 8.42 Å². The van der Waals surface area contributed by atoms with Gasteiger partial charge in [0.2, 0.25) is 0 Å². The lowest BCUT2D eigenvalue weighted by Gasteiger charge is -2.14. The maximum absolute atomic E-state index is 12.0. The molecule has 0 atom stereocenters. The van der Waals surface area contributed by atoms with Gasteiger partial charge in [-0.15, -0.1) is 4.40 Å². The zero-order valence-electron chi connectivity index (χ0n) is 11.9. The SMILES string of the molecule is COC(=O)C1=C/c2cccc(Br)c2OS(=O)(=O)/N=C\1C(=O)OC. The summed E-state index contributed by atoms with van der Waals surface area (Å²) in [6, 6.07) is 4.65. The number of hydrogen-bond acceptors (Lipinski definition) is 7. The highest BCUT2D eigenvalue weighted by Crippen LogP contribution is 2.33. The van der Waals surface area contributed by atoms with Crippen LogP contribution in [-0.4, -0.2) is 40.3 Å². The second-order valence-electron chi connectivity index (χ2n) is 4.15. The minimum Gasteiger partial charge on any atom is -0.465 e. The average Bonchev–Trinajstić information content (AvgIpc) is 2.50. The van der Waals surface area contributed by atoms with Crippen LogP contribution in [0.2, 0.25) is 0 Å². The Morgan fingerprint density at radius 2 is 1.83 bits per heavy atom. The molecule has 122 valence electrons. The lowest BCUT2D eigenvalue weighted by Crippen LogP contribution is -2.27. The van der Waals surface area contributed by atoms with E-state index in [0.29, 0.717) is 4.47 Å². The maximum Gasteiger partial charge on any atom is 0.429 e. The number of nitrogens with zero attached hydrogens (tertiary/aromatic N) is 1. The number of benzene rings is 1. The van der Waals surface area contributed by atoms with E-state index in [0.717, 1.165) is 14.2 Å². The molecule has 23 heavy (non-hydrogen) atoms. The fourth-order valence-corrected chi connectivity index (χ4v) is 3.15. The molecule has 1 aliphatic heterocycles. The molecule has 2 rings (SSSR count). The number of para-hydroxylation sites is 1. The standard InChI is InChI=1S/C13H10BrNO7S/c1-20-12(16)8-6-7-4-3-5-9(14)11(7)22-23(18,19)15-10(8)13(17)21-2/h3-6H,1-2H3/b8-6+,15-10+. The molecule has 0 N–H and O–H groups in total. The lowest BCUT2D eigenvalue weighted by atomic mass is 10.1. The Balaban J connectivity index is 2.82. The van der Waals surface area contributed by atoms with Crippen LogP contribution in [-0.2, 0) is 29.4 Å². The molecule has 0 spiro atoms. The van der Waals surface area contributed by atoms with Gasteiger partial charge in [-0.1, -0.05) is 12.1 Å². The van der Waals surface area contributed by atoms with Crippen LogP contribution in [0.5, 0.6) is 5.75 Å². The molecule has 0 amide bonds. The normalized spacial score (nSPS) is 20.3. The summed E-state index contributed by atoms with van der Waals surface area (Å²) < 4.78 is 41.5. The molecule has 1 heterocycles. The van der Waals surface area contributed by atoms with Gasteiger partial charge in [0.25, 0.3) is 0 Å². The molecule has 0 bridgehead atoms. The van der Waals surface area contributed by atoms with Gasteiger partial charge in [0.15, 0.2) is 11.5 Å². The molecule has 0 saturated carbocycles. The van der Waals surface area contributed by atoms with Crippen molar-refractivity contribution >= 4 is 50.0 Å². The van der Waals surface area contributed by atoms with E-state index in [2.05, 4.69) is 29.8 Å². The van der Waals surface area contributed by atoms with Crippen LogP contribution in [0.3, 0.4) is 0 Å². The highest BCUT2D eigenvalue weighted by atomic mass is 79.9. The van der Waals surface area contributed by atoms with Crippen molar-refractivity contribution < 1.29 is 31.7 Å². The van der Waals surface area contributed by atoms with Crippen LogP contribution >= 0.6 is 15.9 Å². The first-order valence-electron chi connectivity index (χ1n) is 6.00. The zero-order chi connectivity index (χ0) is 17.2. The molecule has 10 heteroatoms. The molecule has 0 aromatic heterocycles. The van der Waals surface area contributed by atoms with Crippen molar-refractivity contribution in [3.63, 3.8) is 0 Å². The lowest BCUT2D eigenvalue weighted by molar-refractivity contribution is -0.137. The van der Waals surface area contributed by atoms with Crippen LogP contribution in [0.25, 0.3) is 6.08 Å². The van der Waals surface area contributed by atoms with Gasteiger partial charge in [-0.25, -0.2) is 9.59 Å². The van der Waals surface area contributed by atoms with Crippen molar-refractivity contribution in [2.75, 3.05) is 14.2 Å². The summed E-state index contributed by atoms with van der Waals surface area (Å²) in [6.07, 6.45) is 1.23. The fraction of sp³-hybridized carbons (Fsp3) is 0.154. The predicted molar refractivity (Wildman–Crippen MR) is 83.1 cm³/mol. The Labute approximate surface area is 140 Å². The van der Waals surface area contributed by atoms with Gasteiger partial charge < -0.3 is 13.7 Å². The molecule has 1 aromatic rings. The third-order valence-electron chi connectivity index (χ3n) is 2.73. The van der Waals surface area contributed by atoms with Crippen molar-refractivity contribution in [2.45, 2.75) is 0 Å². The monoisotopic (exact) mass is 403 g/mol. The first-order valence-corrected chi connectivity index (χ1v) is 8.16. The first kappa shape index (κ1) is 17.2. The van der Waals surface area contributed by atoms with Crippen molar-refractivity contribution in [1.82, 2.24) is 0 Å². The number of methoxy groups -OCH3 is 2. The van der Waals surface area contributed by atoms with Gasteiger partial charge >= 0.3 is 22.2 Å². The van der Waals surface area contributed by atoms with E-state index in [1.165, 1.54) is 12.1 Å². The number of carbonyl (C=O) groups excluding carboxylic acids is 2. The molecular weight excluding hydrogens is 394 g/mol. The predicted octanol–water partition coefficient (Wildman–Crippen LogP) is 1.26. The largest absolute Gasteiger partial charge is 0.465 e. The zero-order valence-corrected chi connectivity index (χ0v) is 14.3. The van der Waals surface area contributed by atoms with Crippen molar-refractivity contribution in [1.29, 1.82) is 0 Å². The number of esters is 2. The van der Waals surface area contributed by atoms with Gasteiger partial charge in [0.1, 0.15) is 0 Å². The van der Waals surface area contributed by atoms with E-state index in [1.54, 1.807) is 12.1 Å². The van der Waals surface area contributed by atoms with E-state index in [9.17, 15) is 18.0 Å². The summed E-state index contributed by atoms with van der Waals surface area (Å²) in [5.41, 5.74) is -0.866. The second-order valence-corrected chi connectivity index (χ2v) is 6.21. The van der Waals surface area contributed by atoms with Gasteiger partial charge in [-0.3, -0.25) is 0 Å². The second kappa shape index (κ2) is 6.50. The van der Waals surface area contributed by atoms with Gasteiger partial charge in [-0.05, 0) is 28.1 Å². The topological polar surface area (TPSA) is 108 Å². The highest BCUT2D eigenvalue weighted by molar-refractivity contribution is 9.10. The Kier molecular flexibility index (Phi) is 4.85. The van der Waals surface area contributed by atoms with Gasteiger partial charge in [0.05, 0.1) is 24.3 Å². The third kappa shape index (κ3) is 3.59. The minimum atomic E-state index is -4.55. The number of carbonyl (C=O) groups is 2. The third-order valence-corrected chi connectivity index (χ3v) is 4.14. The molecular formula is C13H10BrNO7S. The minimum absolute atomic E-state index is 0.0680. The Morgan fingerprint density at radius 1 is 1.17 bits per heavy atom. The van der Waals surface area contributed by atoms with Crippen LogP contribution in [0.1, 0.15) is 5.56 Å². The summed E-state index contributed by atoms with van der Waals surface area (Å²) in [6.45, 7) is 0. The van der Waals surface area contributed by atoms with Crippen LogP contribution in [0.4, 0.5) is 0 Å². The van der Waals surface area contributed by atoms with E-state index in [1.807, 2.05) is 0 Å². The van der Waals surface area contributed by atoms with Crippen LogP contribution < -0.4 is 4.18 Å². The summed E-state index contributed by atoms with van der Waals surface area (Å²) in [5, 5.41) is 0. The molecule has 0 aliphatic carbocycles. The molecule has 1 aromatic carbocycles. The Morgan fingerprint density at radius 3 is 2.43 bits per heavy atom. The molecule has 0 saturated heterocycles. The summed E-state index contributed by atoms with van der Waals surface area (Å²) >= 11 is 3.15. The van der Waals surface area contributed by atoms with Crippen LogP contribution in [0.15, 0.2) is 32.6 Å². The van der Waals surface area contributed by atoms with Crippen molar-refractivity contribution in [2.24, 2.45) is 4.40 Å². The smallest absolute Gasteiger partial charge is 0.429 e. The first-order chi connectivity index (χ1) is 10.8. The fourth-order valence-electron chi connectivity index (χ4n) is 1.75. The summed E-state index contributed by atoms with van der Waals surface area (Å²) in [5.74, 6) is -2.13. The van der Waals surface area contributed by atoms with Crippen molar-refractivity contribution in [3.8, 4) is 5.75 Å². The summed E-state index contributed by atoms with van der Waals surface area (Å²) in [4.78, 5) is 23.7. The average molecular weight is 404 g/mol. The molecule has 0 fully saturated rings. The number of halogens is 1.